The van der Waals surface area contributed by atoms with Gasteiger partial charge < -0.3 is 43.9 Å². The molecule has 4 heterocycles. The molecule has 3 fully saturated rings. The van der Waals surface area contributed by atoms with Crippen LogP contribution in [0.3, 0.4) is 0 Å². The Morgan fingerprint density at radius 2 is 1.57 bits per heavy atom. The summed E-state index contributed by atoms with van der Waals surface area (Å²) in [5.41, 5.74) is 4.11. The predicted molar refractivity (Wildman–Crippen MR) is 164 cm³/mol. The molecule has 10 rings (SSSR count). The van der Waals surface area contributed by atoms with Crippen molar-refractivity contribution in [3.63, 3.8) is 0 Å². The van der Waals surface area contributed by atoms with Crippen LogP contribution in [0.2, 0.25) is 0 Å². The number of ether oxygens (including phenoxy) is 3. The summed E-state index contributed by atoms with van der Waals surface area (Å²) >= 11 is 0. The van der Waals surface area contributed by atoms with Crippen LogP contribution in [0.4, 0.5) is 0 Å². The topological polar surface area (TPSA) is 118 Å². The number of methoxy groups -OCH3 is 1. The molecule has 1 aromatic carbocycles. The van der Waals surface area contributed by atoms with Gasteiger partial charge in [0.15, 0.2) is 11.5 Å². The Morgan fingerprint density at radius 3 is 2.33 bits per heavy atom. The highest BCUT2D eigenvalue weighted by Gasteiger charge is 2.69. The van der Waals surface area contributed by atoms with E-state index in [2.05, 4.69) is 58.7 Å². The lowest BCUT2D eigenvalue weighted by molar-refractivity contribution is -0.230. The fourth-order valence-corrected chi connectivity index (χ4v) is 11.2. The molecular weight excluding hydrogens is 588 g/mol. The van der Waals surface area contributed by atoms with Gasteiger partial charge in [0.2, 0.25) is 5.75 Å². The lowest BCUT2D eigenvalue weighted by Crippen LogP contribution is -2.64. The van der Waals surface area contributed by atoms with Gasteiger partial charge in [-0.05, 0) is 70.1 Å². The van der Waals surface area contributed by atoms with Gasteiger partial charge in [0.25, 0.3) is 5.79 Å². The van der Waals surface area contributed by atoms with E-state index in [0.29, 0.717) is 35.8 Å². The Morgan fingerprint density at radius 1 is 0.870 bits per heavy atom. The van der Waals surface area contributed by atoms with Crippen molar-refractivity contribution in [1.29, 1.82) is 0 Å². The van der Waals surface area contributed by atoms with Gasteiger partial charge in [0, 0.05) is 59.4 Å². The zero-order valence-corrected chi connectivity index (χ0v) is 26.3. The molecule has 9 aliphatic rings. The number of piperidine rings is 2. The van der Waals surface area contributed by atoms with Crippen molar-refractivity contribution < 1.29 is 34.1 Å². The molecule has 4 aliphatic heterocycles. The van der Waals surface area contributed by atoms with Crippen LogP contribution in [-0.2, 0) is 26.1 Å². The van der Waals surface area contributed by atoms with Crippen molar-refractivity contribution in [3.8, 4) is 11.5 Å². The first kappa shape index (κ1) is 27.9. The lowest BCUT2D eigenvalue weighted by atomic mass is 9.51. The third kappa shape index (κ3) is 3.17. The Balaban J connectivity index is 0.962. The quantitative estimate of drug-likeness (QED) is 0.220. The number of hydrogen-bond donors (Lipinski definition) is 2. The number of aliphatic hydroxyl groups excluding tert-OH is 2. The third-order valence-corrected chi connectivity index (χ3v) is 13.3. The van der Waals surface area contributed by atoms with Gasteiger partial charge in [-0.1, -0.05) is 36.4 Å². The van der Waals surface area contributed by atoms with Crippen molar-refractivity contribution in [3.05, 3.63) is 70.5 Å². The predicted octanol–water partition coefficient (Wildman–Crippen LogP) is 3.14. The summed E-state index contributed by atoms with van der Waals surface area (Å²) in [4.78, 5) is 16.9. The van der Waals surface area contributed by atoms with E-state index >= 15 is 0 Å². The summed E-state index contributed by atoms with van der Waals surface area (Å²) in [6.45, 7) is 1.88. The van der Waals surface area contributed by atoms with Crippen molar-refractivity contribution in [2.24, 2.45) is 27.8 Å². The van der Waals surface area contributed by atoms with E-state index in [0.717, 1.165) is 49.9 Å². The first-order chi connectivity index (χ1) is 22.3. The normalized spacial score (nSPS) is 45.6. The summed E-state index contributed by atoms with van der Waals surface area (Å²) in [6.07, 6.45) is 12.2. The molecule has 2 saturated heterocycles. The van der Waals surface area contributed by atoms with E-state index in [1.165, 1.54) is 11.1 Å². The van der Waals surface area contributed by atoms with Gasteiger partial charge in [0.05, 0.1) is 10.6 Å². The second kappa shape index (κ2) is 9.23. The van der Waals surface area contributed by atoms with Crippen LogP contribution in [0.15, 0.2) is 70.0 Å². The second-order valence-corrected chi connectivity index (χ2v) is 14.8. The Kier molecular flexibility index (Phi) is 5.59. The van der Waals surface area contributed by atoms with E-state index in [9.17, 15) is 10.2 Å². The van der Waals surface area contributed by atoms with Crippen molar-refractivity contribution in [1.82, 2.24) is 9.80 Å². The first-order valence-corrected chi connectivity index (χ1v) is 16.7. The smallest absolute Gasteiger partial charge is 0.300 e. The zero-order valence-electron chi connectivity index (χ0n) is 26.3. The van der Waals surface area contributed by atoms with Crippen molar-refractivity contribution in [2.45, 2.75) is 79.8 Å². The maximum atomic E-state index is 11.1. The number of nitrogens with zero attached hydrogens (tertiary/aromatic N) is 4. The number of rotatable bonds is 5. The average Bonchev–Trinajstić information content (AvgIpc) is 3.61. The van der Waals surface area contributed by atoms with Crippen molar-refractivity contribution in [2.75, 3.05) is 34.3 Å². The molecule has 5 aliphatic carbocycles. The van der Waals surface area contributed by atoms with Gasteiger partial charge in [-0.2, -0.15) is 0 Å². The van der Waals surface area contributed by atoms with Gasteiger partial charge in [-0.3, -0.25) is 0 Å². The summed E-state index contributed by atoms with van der Waals surface area (Å²) in [6, 6.07) is 4.70. The van der Waals surface area contributed by atoms with Gasteiger partial charge in [0.1, 0.15) is 24.4 Å². The van der Waals surface area contributed by atoms with Crippen LogP contribution in [-0.4, -0.2) is 96.6 Å². The number of hydrogen-bond acceptors (Lipinski definition) is 11. The number of aliphatic hydroxyl groups is 2. The summed E-state index contributed by atoms with van der Waals surface area (Å²) in [5, 5.41) is 30.3. The summed E-state index contributed by atoms with van der Waals surface area (Å²) < 4.78 is 19.3. The molecule has 46 heavy (non-hydrogen) atoms. The van der Waals surface area contributed by atoms with E-state index in [-0.39, 0.29) is 28.8 Å². The minimum atomic E-state index is -1.33. The van der Waals surface area contributed by atoms with Crippen LogP contribution < -0.4 is 9.57 Å². The van der Waals surface area contributed by atoms with Crippen LogP contribution in [0, 0.1) is 17.3 Å². The number of likely N-dealkylation sites (N-methyl/N-ethyl adjacent to an activating group) is 1. The maximum Gasteiger partial charge on any atom is 0.300 e. The molecule has 1 unspecified atom stereocenters. The van der Waals surface area contributed by atoms with E-state index in [1.54, 1.807) is 7.11 Å². The van der Waals surface area contributed by atoms with Crippen LogP contribution in [0.5, 0.6) is 11.5 Å². The van der Waals surface area contributed by atoms with Crippen LogP contribution >= 0.6 is 0 Å². The minimum Gasteiger partial charge on any atom is -0.483 e. The molecule has 11 nitrogen and oxygen atoms in total. The molecule has 11 atom stereocenters. The second-order valence-electron chi connectivity index (χ2n) is 14.8. The number of benzene rings is 1. The van der Waals surface area contributed by atoms with E-state index in [4.69, 9.17) is 23.9 Å². The molecule has 0 radical (unpaired) electrons. The zero-order chi connectivity index (χ0) is 31.2. The van der Waals surface area contributed by atoms with E-state index < -0.39 is 24.1 Å². The lowest BCUT2D eigenvalue weighted by Gasteiger charge is -2.58. The molecule has 0 aromatic heterocycles. The van der Waals surface area contributed by atoms with Crippen LogP contribution in [0.25, 0.3) is 0 Å². The molecule has 2 N–H and O–H groups in total. The fourth-order valence-electron chi connectivity index (χ4n) is 11.2. The molecule has 4 bridgehead atoms. The molecule has 1 saturated carbocycles. The third-order valence-electron chi connectivity index (χ3n) is 13.3. The Hall–Kier alpha value is -3.22. The van der Waals surface area contributed by atoms with Crippen LogP contribution in [0.1, 0.15) is 36.8 Å². The fraction of sp³-hybridized carbons (Fsp3) is 0.600. The molecule has 242 valence electrons. The Bertz CT molecular complexity index is 1690. The molecule has 0 amide bonds. The highest BCUT2D eigenvalue weighted by Crippen LogP contribution is 2.67. The van der Waals surface area contributed by atoms with Gasteiger partial charge in [-0.25, -0.2) is 0 Å². The largest absolute Gasteiger partial charge is 0.483 e. The first-order valence-electron chi connectivity index (χ1n) is 16.7. The average molecular weight is 629 g/mol. The van der Waals surface area contributed by atoms with Crippen molar-refractivity contribution >= 4 is 0 Å². The monoisotopic (exact) mass is 628 g/mol. The molecule has 2 spiro atoms. The molecular formula is C35H40N4O7. The van der Waals surface area contributed by atoms with Gasteiger partial charge in [-0.15, -0.1) is 0 Å². The SMILES string of the molecule is COC1(ON=NOc2ccc3c4c2O[C@H]2[C@@H](O)C=C[C@H]5[C@@H](C3)N(C)CC[C@@]452)CC=C2C[C@@H]3[C@@H]4C=C[C@H](O)[C@@H]5OC1=C2[C@]45CCN3C. The number of likely N-dealkylation sites (tertiary alicyclic amines) is 2. The van der Waals surface area contributed by atoms with Gasteiger partial charge >= 0.3 is 0 Å². The maximum absolute atomic E-state index is 11.1. The highest BCUT2D eigenvalue weighted by atomic mass is 16.8. The highest BCUT2D eigenvalue weighted by molar-refractivity contribution is 5.62. The molecule has 1 aromatic rings. The summed E-state index contributed by atoms with van der Waals surface area (Å²) in [7, 11) is 5.97. The standard InChI is InChI=1S/C35H40N4O7/c1-38-14-12-33-20-5-7-24(40)30(33)43-29-26(9-4-18(27(29)33)16-22(20)38)45-36-37-46-35(42-3)11-10-19-17-23-21-6-8-25(41)31-34(21,13-15-39(23)2)28(19)32(35)44-31/h4-10,20-25,30-31,40-41H,11-17H2,1-3H3/t20-,21-,22+,23+,24-,25-,30-,31-,33-,34-,35?/m0/s1. The summed E-state index contributed by atoms with van der Waals surface area (Å²) in [5.74, 6) is 0.840. The molecule has 11 heteroatoms. The Labute approximate surface area is 267 Å². The van der Waals surface area contributed by atoms with E-state index in [1.807, 2.05) is 18.2 Å². The minimum absolute atomic E-state index is 0.232.